The van der Waals surface area contributed by atoms with E-state index in [0.29, 0.717) is 24.9 Å². The fourth-order valence-electron chi connectivity index (χ4n) is 4.01. The Kier molecular flexibility index (Phi) is 7.84. The molecule has 2 aromatic rings. The Balaban J connectivity index is 0.00000256. The summed E-state index contributed by atoms with van der Waals surface area (Å²) in [5.41, 5.74) is 0. The predicted octanol–water partition coefficient (Wildman–Crippen LogP) is 2.53. The number of nitrogens with one attached hydrogen (secondary N) is 2. The number of aromatic nitrogens is 4. The van der Waals surface area contributed by atoms with Crippen LogP contribution in [0.1, 0.15) is 43.8 Å². The van der Waals surface area contributed by atoms with Gasteiger partial charge >= 0.3 is 0 Å². The van der Waals surface area contributed by atoms with Crippen LogP contribution in [0.3, 0.4) is 0 Å². The van der Waals surface area contributed by atoms with E-state index in [9.17, 15) is 4.39 Å². The van der Waals surface area contributed by atoms with E-state index in [1.54, 1.807) is 12.3 Å². The van der Waals surface area contributed by atoms with Crippen molar-refractivity contribution in [3.8, 4) is 0 Å². The van der Waals surface area contributed by atoms with Crippen LogP contribution in [0, 0.1) is 12.7 Å². The van der Waals surface area contributed by atoms with Crippen molar-refractivity contribution in [3.05, 3.63) is 35.8 Å². The summed E-state index contributed by atoms with van der Waals surface area (Å²) in [7, 11) is 1.95. The van der Waals surface area contributed by atoms with Gasteiger partial charge in [-0.1, -0.05) is 12.8 Å². The lowest BCUT2D eigenvalue weighted by Gasteiger charge is -2.22. The van der Waals surface area contributed by atoms with Gasteiger partial charge in [0.15, 0.2) is 23.4 Å². The third-order valence-corrected chi connectivity index (χ3v) is 5.83. The fourth-order valence-corrected chi connectivity index (χ4v) is 4.01. The first kappa shape index (κ1) is 22.7. The maximum atomic E-state index is 14.1. The van der Waals surface area contributed by atoms with Gasteiger partial charge in [-0.05, 0) is 38.3 Å². The maximum Gasteiger partial charge on any atom is 0.192 e. The molecule has 0 aromatic carbocycles. The first-order valence-electron chi connectivity index (χ1n) is 10.4. The minimum absolute atomic E-state index is 0. The van der Waals surface area contributed by atoms with E-state index in [1.807, 2.05) is 23.4 Å². The van der Waals surface area contributed by atoms with Gasteiger partial charge in [0, 0.05) is 38.4 Å². The molecular formula is C20H30FIN8. The van der Waals surface area contributed by atoms with Gasteiger partial charge in [-0.3, -0.25) is 0 Å². The number of hydrogen-bond donors (Lipinski definition) is 2. The molecule has 8 nitrogen and oxygen atoms in total. The van der Waals surface area contributed by atoms with Crippen LogP contribution in [-0.2, 0) is 13.6 Å². The van der Waals surface area contributed by atoms with Crippen molar-refractivity contribution >= 4 is 35.8 Å². The average molecular weight is 528 g/mol. The largest absolute Gasteiger partial charge is 0.354 e. The lowest BCUT2D eigenvalue weighted by Crippen LogP contribution is -2.47. The highest BCUT2D eigenvalue weighted by atomic mass is 127. The SMILES string of the molecule is Cc1nnc(CN=C(NC2CCCC2)NC2CCN(c3ncccc3F)C2)n1C.I. The Morgan fingerprint density at radius 1 is 1.20 bits per heavy atom. The molecule has 4 rings (SSSR count). The molecular weight excluding hydrogens is 498 g/mol. The monoisotopic (exact) mass is 528 g/mol. The summed E-state index contributed by atoms with van der Waals surface area (Å²) in [6.45, 7) is 3.86. The van der Waals surface area contributed by atoms with Crippen LogP contribution in [0.2, 0.25) is 0 Å². The van der Waals surface area contributed by atoms with E-state index in [0.717, 1.165) is 30.6 Å². The molecule has 30 heavy (non-hydrogen) atoms. The summed E-state index contributed by atoms with van der Waals surface area (Å²) in [5.74, 6) is 2.65. The van der Waals surface area contributed by atoms with Gasteiger partial charge in [0.25, 0.3) is 0 Å². The molecule has 2 N–H and O–H groups in total. The van der Waals surface area contributed by atoms with Crippen LogP contribution in [0.15, 0.2) is 23.3 Å². The molecule has 164 valence electrons. The van der Waals surface area contributed by atoms with E-state index in [4.69, 9.17) is 4.99 Å². The Morgan fingerprint density at radius 3 is 2.67 bits per heavy atom. The van der Waals surface area contributed by atoms with Crippen molar-refractivity contribution in [1.29, 1.82) is 0 Å². The van der Waals surface area contributed by atoms with Crippen LogP contribution >= 0.6 is 24.0 Å². The molecule has 0 radical (unpaired) electrons. The van der Waals surface area contributed by atoms with Crippen molar-refractivity contribution in [2.75, 3.05) is 18.0 Å². The third-order valence-electron chi connectivity index (χ3n) is 5.83. The second-order valence-corrected chi connectivity index (χ2v) is 7.90. The molecule has 1 unspecified atom stereocenters. The zero-order valence-corrected chi connectivity index (χ0v) is 19.8. The molecule has 2 fully saturated rings. The van der Waals surface area contributed by atoms with Crippen LogP contribution < -0.4 is 15.5 Å². The number of hydrogen-bond acceptors (Lipinski definition) is 5. The van der Waals surface area contributed by atoms with Crippen LogP contribution in [-0.4, -0.2) is 50.9 Å². The van der Waals surface area contributed by atoms with Gasteiger partial charge in [-0.2, -0.15) is 0 Å². The number of halogens is 2. The minimum Gasteiger partial charge on any atom is -0.354 e. The Bertz CT molecular complexity index is 864. The maximum absolute atomic E-state index is 14.1. The Labute approximate surface area is 193 Å². The van der Waals surface area contributed by atoms with Crippen LogP contribution in [0.4, 0.5) is 10.2 Å². The second kappa shape index (κ2) is 10.4. The van der Waals surface area contributed by atoms with Crippen molar-refractivity contribution in [2.45, 2.75) is 57.7 Å². The normalized spacial score (nSPS) is 19.8. The first-order valence-corrected chi connectivity index (χ1v) is 10.4. The molecule has 1 aliphatic heterocycles. The van der Waals surface area contributed by atoms with Crippen LogP contribution in [0.5, 0.6) is 0 Å². The predicted molar refractivity (Wildman–Crippen MR) is 126 cm³/mol. The highest BCUT2D eigenvalue weighted by molar-refractivity contribution is 14.0. The topological polar surface area (TPSA) is 83.3 Å². The molecule has 1 saturated carbocycles. The van der Waals surface area contributed by atoms with Gasteiger partial charge in [0.2, 0.25) is 0 Å². The zero-order chi connectivity index (χ0) is 20.2. The molecule has 2 aromatic heterocycles. The van der Waals surface area contributed by atoms with Crippen molar-refractivity contribution in [3.63, 3.8) is 0 Å². The molecule has 1 saturated heterocycles. The number of guanidine groups is 1. The molecule has 0 spiro atoms. The molecule has 3 heterocycles. The molecule has 1 aliphatic carbocycles. The third kappa shape index (κ3) is 5.38. The molecule has 2 aliphatic rings. The zero-order valence-electron chi connectivity index (χ0n) is 17.5. The van der Waals surface area contributed by atoms with Crippen molar-refractivity contribution in [2.24, 2.45) is 12.0 Å². The second-order valence-electron chi connectivity index (χ2n) is 7.90. The quantitative estimate of drug-likeness (QED) is 0.353. The summed E-state index contributed by atoms with van der Waals surface area (Å²) >= 11 is 0. The van der Waals surface area contributed by atoms with E-state index < -0.39 is 0 Å². The summed E-state index contributed by atoms with van der Waals surface area (Å²) in [5, 5.41) is 15.4. The lowest BCUT2D eigenvalue weighted by atomic mass is 10.2. The first-order chi connectivity index (χ1) is 14.1. The average Bonchev–Trinajstić information content (AvgIpc) is 3.45. The van der Waals surface area contributed by atoms with Gasteiger partial charge in [0.1, 0.15) is 12.4 Å². The van der Waals surface area contributed by atoms with E-state index in [1.165, 1.54) is 31.7 Å². The van der Waals surface area contributed by atoms with Crippen LogP contribution in [0.25, 0.3) is 0 Å². The molecule has 0 bridgehead atoms. The van der Waals surface area contributed by atoms with Crippen molar-refractivity contribution < 1.29 is 4.39 Å². The number of pyridine rings is 1. The Morgan fingerprint density at radius 2 is 1.97 bits per heavy atom. The fraction of sp³-hybridized carbons (Fsp3) is 0.600. The summed E-state index contributed by atoms with van der Waals surface area (Å²) < 4.78 is 16.0. The minimum atomic E-state index is -0.274. The highest BCUT2D eigenvalue weighted by Crippen LogP contribution is 2.21. The van der Waals surface area contributed by atoms with E-state index in [-0.39, 0.29) is 35.8 Å². The standard InChI is InChI=1S/C20H29FN8.HI/c1-14-26-27-18(28(14)2)12-23-20(24-15-6-3-4-7-15)25-16-9-11-29(13-16)19-17(21)8-5-10-22-19;/h5,8,10,15-16H,3-4,6-7,9,11-13H2,1-2H3,(H2,23,24,25);1H. The molecule has 1 atom stereocenters. The summed E-state index contributed by atoms with van der Waals surface area (Å²) in [4.78, 5) is 11.0. The number of rotatable bonds is 5. The van der Waals surface area contributed by atoms with Gasteiger partial charge in [-0.15, -0.1) is 34.2 Å². The number of aryl methyl sites for hydroxylation is 1. The van der Waals surface area contributed by atoms with Crippen molar-refractivity contribution in [1.82, 2.24) is 30.4 Å². The highest BCUT2D eigenvalue weighted by Gasteiger charge is 2.27. The molecule has 10 heteroatoms. The van der Waals surface area contributed by atoms with Gasteiger partial charge in [-0.25, -0.2) is 14.4 Å². The Hall–Kier alpha value is -1.98. The number of aliphatic imine (C=N–C) groups is 1. The van der Waals surface area contributed by atoms with Gasteiger partial charge < -0.3 is 20.1 Å². The molecule has 0 amide bonds. The smallest absolute Gasteiger partial charge is 0.192 e. The van der Waals surface area contributed by atoms with E-state index >= 15 is 0 Å². The lowest BCUT2D eigenvalue weighted by molar-refractivity contribution is 0.582. The summed E-state index contributed by atoms with van der Waals surface area (Å²) in [6, 6.07) is 3.72. The summed E-state index contributed by atoms with van der Waals surface area (Å²) in [6.07, 6.45) is 7.38. The van der Waals surface area contributed by atoms with E-state index in [2.05, 4.69) is 25.8 Å². The van der Waals surface area contributed by atoms with Gasteiger partial charge in [0.05, 0.1) is 0 Å². The number of nitrogens with zero attached hydrogens (tertiary/aromatic N) is 6. The number of anilines is 1.